The molecule has 0 aromatic heterocycles. The van der Waals surface area contributed by atoms with Gasteiger partial charge in [-0.3, -0.25) is 14.4 Å². The zero-order valence-electron chi connectivity index (χ0n) is 15.0. The third-order valence-electron chi connectivity index (χ3n) is 3.78. The number of nitrogens with one attached hydrogen (secondary N) is 2. The number of halogens is 2. The molecule has 2 aromatic carbocycles. The number of fused-ring (bicyclic) bond motifs is 1. The molecule has 29 heavy (non-hydrogen) atoms. The number of hydrogen-bond donors (Lipinski definition) is 2. The van der Waals surface area contributed by atoms with Gasteiger partial charge in [-0.1, -0.05) is 12.1 Å². The van der Waals surface area contributed by atoms with E-state index in [0.717, 1.165) is 6.07 Å². The minimum absolute atomic E-state index is 0.193. The molecule has 1 aliphatic heterocycles. The zero-order chi connectivity index (χ0) is 20.8. The smallest absolute Gasteiger partial charge is 0.325 e. The Morgan fingerprint density at radius 3 is 2.52 bits per heavy atom. The lowest BCUT2D eigenvalue weighted by Crippen LogP contribution is -2.32. The molecule has 152 valence electrons. The lowest BCUT2D eigenvalue weighted by atomic mass is 10.2. The molecule has 2 N–H and O–H groups in total. The molecule has 0 fully saturated rings. The van der Waals surface area contributed by atoms with E-state index in [4.69, 9.17) is 14.2 Å². The number of amides is 2. The Morgan fingerprint density at radius 1 is 1.10 bits per heavy atom. The fourth-order valence-electron chi connectivity index (χ4n) is 2.44. The summed E-state index contributed by atoms with van der Waals surface area (Å²) in [7, 11) is 0. The van der Waals surface area contributed by atoms with Crippen molar-refractivity contribution in [3.05, 3.63) is 52.3 Å². The Balaban J connectivity index is 1.46. The standard InChI is InChI=1S/C19H16BrFN2O6/c20-12-7-15-16(28-6-5-27-15)8-14(12)23-17(24)10-29-18(25)9-22-19(26)11-3-1-2-4-13(11)21/h1-4,7-8H,5-6,9-10H2,(H,22,26)(H,23,24). The van der Waals surface area contributed by atoms with E-state index in [-0.39, 0.29) is 5.56 Å². The van der Waals surface area contributed by atoms with Crippen molar-refractivity contribution in [3.8, 4) is 11.5 Å². The van der Waals surface area contributed by atoms with E-state index in [2.05, 4.69) is 26.6 Å². The summed E-state index contributed by atoms with van der Waals surface area (Å²) in [6.45, 7) is -0.226. The SMILES string of the molecule is O=C(COC(=O)CNC(=O)c1ccccc1F)Nc1cc2c(cc1Br)OCCO2. The summed E-state index contributed by atoms with van der Waals surface area (Å²) in [4.78, 5) is 35.6. The Kier molecular flexibility index (Phi) is 6.65. The van der Waals surface area contributed by atoms with E-state index in [1.54, 1.807) is 12.1 Å². The van der Waals surface area contributed by atoms with Gasteiger partial charge in [0.1, 0.15) is 25.6 Å². The highest BCUT2D eigenvalue weighted by Crippen LogP contribution is 2.38. The number of esters is 1. The quantitative estimate of drug-likeness (QED) is 0.633. The van der Waals surface area contributed by atoms with Crippen LogP contribution in [0.4, 0.5) is 10.1 Å². The van der Waals surface area contributed by atoms with Crippen LogP contribution in [0.5, 0.6) is 11.5 Å². The van der Waals surface area contributed by atoms with Crippen LogP contribution in [0.3, 0.4) is 0 Å². The molecule has 0 bridgehead atoms. The van der Waals surface area contributed by atoms with Gasteiger partial charge in [0.05, 0.1) is 11.3 Å². The molecule has 2 aromatic rings. The van der Waals surface area contributed by atoms with Crippen LogP contribution in [0.25, 0.3) is 0 Å². The zero-order valence-corrected chi connectivity index (χ0v) is 16.6. The molecule has 0 atom stereocenters. The molecule has 2 amide bonds. The van der Waals surface area contributed by atoms with Crippen LogP contribution in [0, 0.1) is 5.82 Å². The summed E-state index contributed by atoms with van der Waals surface area (Å²) in [5.74, 6) is -1.85. The maximum atomic E-state index is 13.5. The van der Waals surface area contributed by atoms with E-state index in [1.165, 1.54) is 18.2 Å². The van der Waals surface area contributed by atoms with Crippen LogP contribution in [-0.2, 0) is 14.3 Å². The number of carbonyl (C=O) groups excluding carboxylic acids is 3. The van der Waals surface area contributed by atoms with E-state index >= 15 is 0 Å². The lowest BCUT2D eigenvalue weighted by Gasteiger charge is -2.20. The molecule has 1 heterocycles. The molecule has 0 radical (unpaired) electrons. The van der Waals surface area contributed by atoms with Crippen LogP contribution in [0.1, 0.15) is 10.4 Å². The Bertz CT molecular complexity index is 952. The van der Waals surface area contributed by atoms with Crippen molar-refractivity contribution in [2.45, 2.75) is 0 Å². The van der Waals surface area contributed by atoms with Crippen LogP contribution >= 0.6 is 15.9 Å². The van der Waals surface area contributed by atoms with Gasteiger partial charge in [0.2, 0.25) is 0 Å². The molecule has 0 aliphatic carbocycles. The van der Waals surface area contributed by atoms with Crippen molar-refractivity contribution in [2.24, 2.45) is 0 Å². The third-order valence-corrected chi connectivity index (χ3v) is 4.44. The Hall–Kier alpha value is -3.14. The first-order chi connectivity index (χ1) is 13.9. The van der Waals surface area contributed by atoms with Gasteiger partial charge < -0.3 is 24.8 Å². The molecule has 1 aliphatic rings. The third kappa shape index (κ3) is 5.44. The lowest BCUT2D eigenvalue weighted by molar-refractivity contribution is -0.146. The second-order valence-corrected chi connectivity index (χ2v) is 6.70. The highest BCUT2D eigenvalue weighted by Gasteiger charge is 2.17. The number of ether oxygens (including phenoxy) is 3. The molecular weight excluding hydrogens is 451 g/mol. The summed E-state index contributed by atoms with van der Waals surface area (Å²) in [6.07, 6.45) is 0. The first-order valence-electron chi connectivity index (χ1n) is 8.51. The monoisotopic (exact) mass is 466 g/mol. The minimum Gasteiger partial charge on any atom is -0.486 e. The van der Waals surface area contributed by atoms with E-state index in [1.807, 2.05) is 0 Å². The maximum Gasteiger partial charge on any atom is 0.325 e. The highest BCUT2D eigenvalue weighted by atomic mass is 79.9. The molecular formula is C19H16BrFN2O6. The summed E-state index contributed by atoms with van der Waals surface area (Å²) >= 11 is 3.32. The first kappa shape index (κ1) is 20.6. The van der Waals surface area contributed by atoms with Gasteiger partial charge in [-0.15, -0.1) is 0 Å². The van der Waals surface area contributed by atoms with E-state index < -0.39 is 36.8 Å². The average Bonchev–Trinajstić information content (AvgIpc) is 2.71. The van der Waals surface area contributed by atoms with Crippen LogP contribution in [-0.4, -0.2) is 44.1 Å². The van der Waals surface area contributed by atoms with Crippen molar-refractivity contribution < 1.29 is 33.0 Å². The van der Waals surface area contributed by atoms with Crippen molar-refractivity contribution in [1.29, 1.82) is 0 Å². The first-order valence-corrected chi connectivity index (χ1v) is 9.30. The van der Waals surface area contributed by atoms with Gasteiger partial charge >= 0.3 is 5.97 Å². The average molecular weight is 467 g/mol. The summed E-state index contributed by atoms with van der Waals surface area (Å²) in [5.41, 5.74) is 0.227. The topological polar surface area (TPSA) is 103 Å². The molecule has 3 rings (SSSR count). The largest absolute Gasteiger partial charge is 0.486 e. The number of hydrogen-bond acceptors (Lipinski definition) is 6. The van der Waals surface area contributed by atoms with Gasteiger partial charge in [-0.2, -0.15) is 0 Å². The van der Waals surface area contributed by atoms with Crippen LogP contribution < -0.4 is 20.1 Å². The van der Waals surface area contributed by atoms with Crippen LogP contribution in [0.15, 0.2) is 40.9 Å². The number of rotatable bonds is 6. The highest BCUT2D eigenvalue weighted by molar-refractivity contribution is 9.10. The molecule has 8 nitrogen and oxygen atoms in total. The van der Waals surface area contributed by atoms with Crippen molar-refractivity contribution in [3.63, 3.8) is 0 Å². The van der Waals surface area contributed by atoms with Gasteiger partial charge in [0, 0.05) is 16.6 Å². The van der Waals surface area contributed by atoms with Gasteiger partial charge in [-0.25, -0.2) is 4.39 Å². The molecule has 0 saturated heterocycles. The molecule has 0 saturated carbocycles. The van der Waals surface area contributed by atoms with Crippen molar-refractivity contribution in [2.75, 3.05) is 31.7 Å². The summed E-state index contributed by atoms with van der Waals surface area (Å²) < 4.78 is 29.8. The fourth-order valence-corrected chi connectivity index (χ4v) is 2.86. The molecule has 10 heteroatoms. The number of benzene rings is 2. The maximum absolute atomic E-state index is 13.5. The second kappa shape index (κ2) is 9.37. The molecule has 0 unspecified atom stereocenters. The van der Waals surface area contributed by atoms with Crippen molar-refractivity contribution in [1.82, 2.24) is 5.32 Å². The predicted molar refractivity (Wildman–Crippen MR) is 103 cm³/mol. The van der Waals surface area contributed by atoms with Crippen LogP contribution in [0.2, 0.25) is 0 Å². The number of carbonyl (C=O) groups is 3. The summed E-state index contributed by atoms with van der Waals surface area (Å²) in [6, 6.07) is 8.61. The van der Waals surface area contributed by atoms with E-state index in [0.29, 0.717) is 34.9 Å². The van der Waals surface area contributed by atoms with Crippen molar-refractivity contribution >= 4 is 39.4 Å². The minimum atomic E-state index is -0.842. The van der Waals surface area contributed by atoms with Gasteiger partial charge in [0.25, 0.3) is 11.8 Å². The number of anilines is 1. The normalized spacial score (nSPS) is 12.1. The predicted octanol–water partition coefficient (Wildman–Crippen LogP) is 2.27. The van der Waals surface area contributed by atoms with Gasteiger partial charge in [0.15, 0.2) is 18.1 Å². The summed E-state index contributed by atoms with van der Waals surface area (Å²) in [5, 5.41) is 4.81. The Morgan fingerprint density at radius 2 is 1.79 bits per heavy atom. The second-order valence-electron chi connectivity index (χ2n) is 5.85. The van der Waals surface area contributed by atoms with E-state index in [9.17, 15) is 18.8 Å². The molecule has 0 spiro atoms. The Labute approximate surface area is 173 Å². The fraction of sp³-hybridized carbons (Fsp3) is 0.211. The van der Waals surface area contributed by atoms with Gasteiger partial charge in [-0.05, 0) is 28.1 Å².